The second-order valence-electron chi connectivity index (χ2n) is 3.72. The van der Waals surface area contributed by atoms with E-state index in [1.54, 1.807) is 11.3 Å². The molecule has 1 aromatic heterocycles. The minimum Gasteiger partial charge on any atom is -0.484 e. The van der Waals surface area contributed by atoms with E-state index in [9.17, 15) is 0 Å². The van der Waals surface area contributed by atoms with Gasteiger partial charge in [-0.25, -0.2) is 0 Å². The number of hydrogen-bond acceptors (Lipinski definition) is 3. The van der Waals surface area contributed by atoms with E-state index in [0.29, 0.717) is 6.54 Å². The van der Waals surface area contributed by atoms with E-state index in [0.717, 1.165) is 11.3 Å². The van der Waals surface area contributed by atoms with Crippen molar-refractivity contribution in [1.29, 1.82) is 0 Å². The third-order valence-electron chi connectivity index (χ3n) is 2.40. The van der Waals surface area contributed by atoms with E-state index in [4.69, 9.17) is 10.5 Å². The quantitative estimate of drug-likeness (QED) is 0.880. The van der Waals surface area contributed by atoms with Gasteiger partial charge in [-0.1, -0.05) is 12.1 Å². The zero-order chi connectivity index (χ0) is 11.4. The number of ether oxygens (including phenoxy) is 1. The predicted octanol–water partition coefficient (Wildman–Crippen LogP) is 3.14. The molecular weight excluding hydrogens is 218 g/mol. The molecule has 1 aromatic carbocycles. The molecule has 2 rings (SSSR count). The maximum atomic E-state index is 5.87. The van der Waals surface area contributed by atoms with Crippen LogP contribution in [-0.2, 0) is 0 Å². The molecular formula is C13H15NOS. The summed E-state index contributed by atoms with van der Waals surface area (Å²) in [7, 11) is 0. The molecule has 1 atom stereocenters. The lowest BCUT2D eigenvalue weighted by atomic mass is 10.2. The molecule has 2 N–H and O–H groups in total. The molecule has 0 saturated heterocycles. The Kier molecular flexibility index (Phi) is 3.59. The summed E-state index contributed by atoms with van der Waals surface area (Å²) in [6, 6.07) is 10.1. The number of aryl methyl sites for hydroxylation is 1. The molecule has 1 heterocycles. The molecule has 0 aliphatic carbocycles. The Balaban J connectivity index is 2.13. The molecule has 0 aliphatic heterocycles. The van der Waals surface area contributed by atoms with Crippen LogP contribution in [-0.4, -0.2) is 6.54 Å². The first-order valence-corrected chi connectivity index (χ1v) is 6.19. The molecule has 0 fully saturated rings. The number of rotatable bonds is 4. The number of nitrogens with two attached hydrogens (primary N) is 1. The Morgan fingerprint density at radius 3 is 2.88 bits per heavy atom. The Labute approximate surface area is 99.7 Å². The third-order valence-corrected chi connectivity index (χ3v) is 3.10. The molecule has 0 aliphatic rings. The zero-order valence-electron chi connectivity index (χ0n) is 9.22. The van der Waals surface area contributed by atoms with Crippen LogP contribution in [0.25, 0.3) is 0 Å². The van der Waals surface area contributed by atoms with Crippen molar-refractivity contribution in [3.63, 3.8) is 0 Å². The Morgan fingerprint density at radius 1 is 1.38 bits per heavy atom. The van der Waals surface area contributed by atoms with E-state index < -0.39 is 0 Å². The number of hydrogen-bond donors (Lipinski definition) is 1. The van der Waals surface area contributed by atoms with Crippen molar-refractivity contribution in [3.8, 4) is 5.75 Å². The summed E-state index contributed by atoms with van der Waals surface area (Å²) in [4.78, 5) is 0. The van der Waals surface area contributed by atoms with Crippen molar-refractivity contribution in [2.75, 3.05) is 6.54 Å². The fraction of sp³-hybridized carbons (Fsp3) is 0.231. The first-order valence-electron chi connectivity index (χ1n) is 5.25. The van der Waals surface area contributed by atoms with Crippen LogP contribution in [0, 0.1) is 6.92 Å². The average Bonchev–Trinajstić information content (AvgIpc) is 2.79. The standard InChI is InChI=1S/C13H15NOS/c1-10-3-2-4-12(7-10)15-13(8-14)11-5-6-16-9-11/h2-7,9,13H,8,14H2,1H3. The van der Waals surface area contributed by atoms with E-state index in [2.05, 4.69) is 24.4 Å². The van der Waals surface area contributed by atoms with Crippen LogP contribution in [0.3, 0.4) is 0 Å². The predicted molar refractivity (Wildman–Crippen MR) is 67.9 cm³/mol. The van der Waals surface area contributed by atoms with Crippen LogP contribution in [0.2, 0.25) is 0 Å². The van der Waals surface area contributed by atoms with Crippen molar-refractivity contribution in [2.45, 2.75) is 13.0 Å². The molecule has 2 aromatic rings. The number of thiophene rings is 1. The highest BCUT2D eigenvalue weighted by molar-refractivity contribution is 7.07. The molecule has 0 spiro atoms. The lowest BCUT2D eigenvalue weighted by molar-refractivity contribution is 0.214. The highest BCUT2D eigenvalue weighted by Gasteiger charge is 2.11. The third kappa shape index (κ3) is 2.62. The highest BCUT2D eigenvalue weighted by atomic mass is 32.1. The molecule has 0 bridgehead atoms. The average molecular weight is 233 g/mol. The Hall–Kier alpha value is -1.32. The first-order chi connectivity index (χ1) is 7.79. The fourth-order valence-electron chi connectivity index (χ4n) is 1.56. The summed E-state index contributed by atoms with van der Waals surface area (Å²) in [5, 5.41) is 4.12. The maximum absolute atomic E-state index is 5.87. The van der Waals surface area contributed by atoms with E-state index in [1.165, 1.54) is 5.56 Å². The lowest BCUT2D eigenvalue weighted by Gasteiger charge is -2.16. The van der Waals surface area contributed by atoms with Gasteiger partial charge in [0.2, 0.25) is 0 Å². The van der Waals surface area contributed by atoms with Gasteiger partial charge in [-0.15, -0.1) is 0 Å². The van der Waals surface area contributed by atoms with Gasteiger partial charge >= 0.3 is 0 Å². The van der Waals surface area contributed by atoms with Gasteiger partial charge in [0.15, 0.2) is 0 Å². The van der Waals surface area contributed by atoms with E-state index in [1.807, 2.05) is 23.6 Å². The molecule has 0 saturated carbocycles. The smallest absolute Gasteiger partial charge is 0.137 e. The Bertz CT molecular complexity index is 439. The largest absolute Gasteiger partial charge is 0.484 e. The second kappa shape index (κ2) is 5.14. The van der Waals surface area contributed by atoms with Crippen LogP contribution in [0.15, 0.2) is 41.1 Å². The van der Waals surface area contributed by atoms with Crippen molar-refractivity contribution >= 4 is 11.3 Å². The summed E-state index contributed by atoms with van der Waals surface area (Å²) in [6.07, 6.45) is -0.0481. The van der Waals surface area contributed by atoms with E-state index in [-0.39, 0.29) is 6.10 Å². The zero-order valence-corrected chi connectivity index (χ0v) is 10.0. The SMILES string of the molecule is Cc1cccc(OC(CN)c2ccsc2)c1. The van der Waals surface area contributed by atoms with Gasteiger partial charge in [0.05, 0.1) is 0 Å². The fourth-order valence-corrected chi connectivity index (χ4v) is 2.27. The highest BCUT2D eigenvalue weighted by Crippen LogP contribution is 2.23. The van der Waals surface area contributed by atoms with Crippen molar-refractivity contribution in [1.82, 2.24) is 0 Å². The monoisotopic (exact) mass is 233 g/mol. The lowest BCUT2D eigenvalue weighted by Crippen LogP contribution is -2.17. The Morgan fingerprint density at radius 2 is 2.25 bits per heavy atom. The molecule has 84 valence electrons. The molecule has 0 radical (unpaired) electrons. The normalized spacial score (nSPS) is 12.4. The van der Waals surface area contributed by atoms with Gasteiger partial charge in [-0.3, -0.25) is 0 Å². The van der Waals surface area contributed by atoms with E-state index >= 15 is 0 Å². The number of benzene rings is 1. The molecule has 3 heteroatoms. The van der Waals surface area contributed by atoms with Crippen LogP contribution in [0.4, 0.5) is 0 Å². The minimum atomic E-state index is -0.0481. The van der Waals surface area contributed by atoms with Crippen molar-refractivity contribution in [3.05, 3.63) is 52.2 Å². The van der Waals surface area contributed by atoms with Gasteiger partial charge in [-0.05, 0) is 41.4 Å². The summed E-state index contributed by atoms with van der Waals surface area (Å²) in [6.45, 7) is 2.54. The topological polar surface area (TPSA) is 35.2 Å². The van der Waals surface area contributed by atoms with Gasteiger partial charge in [0.1, 0.15) is 11.9 Å². The molecule has 0 amide bonds. The van der Waals surface area contributed by atoms with Crippen LogP contribution in [0.1, 0.15) is 17.2 Å². The molecule has 1 unspecified atom stereocenters. The minimum absolute atomic E-state index is 0.0481. The molecule has 2 nitrogen and oxygen atoms in total. The van der Waals surface area contributed by atoms with Crippen LogP contribution in [0.5, 0.6) is 5.75 Å². The van der Waals surface area contributed by atoms with Crippen molar-refractivity contribution < 1.29 is 4.74 Å². The summed E-state index contributed by atoms with van der Waals surface area (Å²) in [5.41, 5.74) is 8.07. The van der Waals surface area contributed by atoms with Crippen LogP contribution >= 0.6 is 11.3 Å². The summed E-state index contributed by atoms with van der Waals surface area (Å²) < 4.78 is 5.87. The van der Waals surface area contributed by atoms with Gasteiger partial charge in [0.25, 0.3) is 0 Å². The summed E-state index contributed by atoms with van der Waals surface area (Å²) >= 11 is 1.66. The van der Waals surface area contributed by atoms with Crippen LogP contribution < -0.4 is 10.5 Å². The van der Waals surface area contributed by atoms with Gasteiger partial charge in [0, 0.05) is 12.1 Å². The van der Waals surface area contributed by atoms with Crippen molar-refractivity contribution in [2.24, 2.45) is 5.73 Å². The second-order valence-corrected chi connectivity index (χ2v) is 4.50. The molecule has 16 heavy (non-hydrogen) atoms. The first kappa shape index (κ1) is 11.2. The van der Waals surface area contributed by atoms with Gasteiger partial charge in [-0.2, -0.15) is 11.3 Å². The van der Waals surface area contributed by atoms with Gasteiger partial charge < -0.3 is 10.5 Å². The summed E-state index contributed by atoms with van der Waals surface area (Å²) in [5.74, 6) is 0.877. The maximum Gasteiger partial charge on any atom is 0.137 e.